The minimum atomic E-state index is 0.745. The van der Waals surface area contributed by atoms with Crippen LogP contribution in [0.1, 0.15) is 39.5 Å². The van der Waals surface area contributed by atoms with Gasteiger partial charge in [-0.25, -0.2) is 0 Å². The van der Waals surface area contributed by atoms with Crippen LogP contribution in [0.25, 0.3) is 0 Å². The number of benzene rings is 1. The minimum Gasteiger partial charge on any atom is -0.370 e. The van der Waals surface area contributed by atoms with Crippen LogP contribution >= 0.6 is 11.6 Å². The van der Waals surface area contributed by atoms with E-state index in [0.717, 1.165) is 23.8 Å². The quantitative estimate of drug-likeness (QED) is 0.674. The number of nitrogens with zero attached hydrogens (tertiary/aromatic N) is 1. The minimum absolute atomic E-state index is 0.745. The van der Waals surface area contributed by atoms with E-state index in [2.05, 4.69) is 30.9 Å². The van der Waals surface area contributed by atoms with E-state index in [9.17, 15) is 0 Å². The van der Waals surface area contributed by atoms with Crippen LogP contribution in [0.4, 0.5) is 5.69 Å². The molecule has 0 heterocycles. The maximum atomic E-state index is 6.18. The van der Waals surface area contributed by atoms with Crippen molar-refractivity contribution in [2.24, 2.45) is 0 Å². The lowest BCUT2D eigenvalue weighted by atomic mass is 10.2. The third-order valence-corrected chi connectivity index (χ3v) is 2.99. The van der Waals surface area contributed by atoms with Gasteiger partial charge in [0.2, 0.25) is 0 Å². The fourth-order valence-electron chi connectivity index (χ4n) is 1.70. The van der Waals surface area contributed by atoms with Gasteiger partial charge in [0.15, 0.2) is 0 Å². The summed E-state index contributed by atoms with van der Waals surface area (Å²) < 4.78 is 0. The first-order valence-corrected chi connectivity index (χ1v) is 6.58. The summed E-state index contributed by atoms with van der Waals surface area (Å²) in [5.41, 5.74) is 1.13. The highest BCUT2D eigenvalue weighted by molar-refractivity contribution is 6.33. The predicted octanol–water partition coefficient (Wildman–Crippen LogP) is 4.55. The second-order valence-corrected chi connectivity index (χ2v) is 4.44. The fraction of sp³-hybridized carbons (Fsp3) is 0.571. The molecule has 0 aliphatic carbocycles. The lowest BCUT2D eigenvalue weighted by Gasteiger charge is -2.25. The molecule has 1 aromatic rings. The molecule has 1 radical (unpaired) electrons. The van der Waals surface area contributed by atoms with Crippen molar-refractivity contribution in [3.05, 3.63) is 29.3 Å². The van der Waals surface area contributed by atoms with Crippen LogP contribution in [0.15, 0.2) is 18.2 Å². The summed E-state index contributed by atoms with van der Waals surface area (Å²) in [6.45, 7) is 6.62. The van der Waals surface area contributed by atoms with Gasteiger partial charge in [0.25, 0.3) is 0 Å². The Labute approximate surface area is 104 Å². The zero-order valence-electron chi connectivity index (χ0n) is 10.3. The maximum Gasteiger partial charge on any atom is 0.0718 e. The second-order valence-electron chi connectivity index (χ2n) is 4.06. The van der Waals surface area contributed by atoms with Gasteiger partial charge in [-0.15, -0.1) is 0 Å². The highest BCUT2D eigenvalue weighted by Gasteiger charge is 2.08. The average molecular weight is 239 g/mol. The van der Waals surface area contributed by atoms with Crippen LogP contribution in [-0.2, 0) is 0 Å². The molecule has 0 aliphatic rings. The molecule has 2 heteroatoms. The zero-order chi connectivity index (χ0) is 11.8. The van der Waals surface area contributed by atoms with Gasteiger partial charge in [0.1, 0.15) is 0 Å². The molecule has 0 saturated heterocycles. The second kappa shape index (κ2) is 7.56. The van der Waals surface area contributed by atoms with Gasteiger partial charge < -0.3 is 4.90 Å². The summed E-state index contributed by atoms with van der Waals surface area (Å²) in [5.74, 6) is 0. The molecule has 89 valence electrons. The number of rotatable bonds is 7. The first-order valence-electron chi connectivity index (χ1n) is 6.20. The van der Waals surface area contributed by atoms with Gasteiger partial charge in [-0.2, -0.15) is 0 Å². The highest BCUT2D eigenvalue weighted by atomic mass is 35.5. The van der Waals surface area contributed by atoms with E-state index in [-0.39, 0.29) is 0 Å². The van der Waals surface area contributed by atoms with E-state index in [1.165, 1.54) is 25.7 Å². The van der Waals surface area contributed by atoms with Crippen molar-refractivity contribution in [1.82, 2.24) is 0 Å². The van der Waals surface area contributed by atoms with Crippen LogP contribution in [0.2, 0.25) is 5.02 Å². The van der Waals surface area contributed by atoms with Crippen LogP contribution in [-0.4, -0.2) is 13.1 Å². The molecule has 16 heavy (non-hydrogen) atoms. The Balaban J connectivity index is 2.70. The van der Waals surface area contributed by atoms with Crippen LogP contribution in [0.5, 0.6) is 0 Å². The van der Waals surface area contributed by atoms with E-state index in [1.807, 2.05) is 12.1 Å². The molecule has 0 amide bonds. The molecular formula is C14H21ClN. The Bertz CT molecular complexity index is 291. The van der Waals surface area contributed by atoms with E-state index < -0.39 is 0 Å². The van der Waals surface area contributed by atoms with Gasteiger partial charge in [0, 0.05) is 19.2 Å². The molecule has 0 aliphatic heterocycles. The number of unbranched alkanes of at least 4 members (excludes halogenated alkanes) is 2. The Morgan fingerprint density at radius 1 is 1.19 bits per heavy atom. The van der Waals surface area contributed by atoms with Crippen molar-refractivity contribution in [2.45, 2.75) is 39.5 Å². The van der Waals surface area contributed by atoms with E-state index in [1.54, 1.807) is 0 Å². The number of halogens is 1. The Morgan fingerprint density at radius 3 is 2.31 bits per heavy atom. The summed E-state index contributed by atoms with van der Waals surface area (Å²) in [6, 6.07) is 9.02. The lowest BCUT2D eigenvalue weighted by Crippen LogP contribution is -2.25. The topological polar surface area (TPSA) is 3.24 Å². The summed E-state index contributed by atoms with van der Waals surface area (Å²) in [4.78, 5) is 2.38. The van der Waals surface area contributed by atoms with Crippen molar-refractivity contribution < 1.29 is 0 Å². The van der Waals surface area contributed by atoms with Gasteiger partial charge in [0.05, 0.1) is 10.7 Å². The van der Waals surface area contributed by atoms with Crippen molar-refractivity contribution in [1.29, 1.82) is 0 Å². The number of hydrogen-bond donors (Lipinski definition) is 0. The van der Waals surface area contributed by atoms with E-state index in [0.29, 0.717) is 0 Å². The molecule has 0 bridgehead atoms. The first kappa shape index (κ1) is 13.4. The van der Waals surface area contributed by atoms with Gasteiger partial charge >= 0.3 is 0 Å². The van der Waals surface area contributed by atoms with Crippen LogP contribution in [0, 0.1) is 6.07 Å². The standard InChI is InChI=1S/C14H21ClN/c1-3-5-11-16(12-6-4-2)14-10-8-7-9-13(14)15/h7-8,10H,3-6,11-12H2,1-2H3. The molecule has 0 aromatic heterocycles. The average Bonchev–Trinajstić information content (AvgIpc) is 2.31. The summed E-state index contributed by atoms with van der Waals surface area (Å²) >= 11 is 6.18. The Kier molecular flexibility index (Phi) is 6.32. The lowest BCUT2D eigenvalue weighted by molar-refractivity contribution is 0.678. The molecule has 0 saturated carbocycles. The SMILES string of the molecule is CCCCN(CCCC)c1ccc[c]c1Cl. The highest BCUT2D eigenvalue weighted by Crippen LogP contribution is 2.25. The van der Waals surface area contributed by atoms with Gasteiger partial charge in [-0.3, -0.25) is 0 Å². The number of anilines is 1. The smallest absolute Gasteiger partial charge is 0.0718 e. The fourth-order valence-corrected chi connectivity index (χ4v) is 1.95. The van der Waals surface area contributed by atoms with Crippen molar-refractivity contribution in [2.75, 3.05) is 18.0 Å². The molecule has 1 aromatic carbocycles. The molecule has 0 fully saturated rings. The first-order chi connectivity index (χ1) is 7.79. The Hall–Kier alpha value is -0.690. The molecule has 1 nitrogen and oxygen atoms in total. The largest absolute Gasteiger partial charge is 0.370 e. The van der Waals surface area contributed by atoms with Crippen LogP contribution < -0.4 is 4.90 Å². The normalized spacial score (nSPS) is 10.4. The molecule has 0 atom stereocenters. The summed E-state index contributed by atoms with van der Waals surface area (Å²) in [5, 5.41) is 0.745. The molecule has 0 spiro atoms. The van der Waals surface area contributed by atoms with Crippen molar-refractivity contribution >= 4 is 17.3 Å². The van der Waals surface area contributed by atoms with Gasteiger partial charge in [-0.05, 0) is 18.9 Å². The number of hydrogen-bond acceptors (Lipinski definition) is 1. The van der Waals surface area contributed by atoms with Gasteiger partial charge in [-0.1, -0.05) is 50.4 Å². The third kappa shape index (κ3) is 4.05. The monoisotopic (exact) mass is 238 g/mol. The summed E-state index contributed by atoms with van der Waals surface area (Å²) in [6.07, 6.45) is 4.87. The predicted molar refractivity (Wildman–Crippen MR) is 72.3 cm³/mol. The zero-order valence-corrected chi connectivity index (χ0v) is 11.1. The van der Waals surface area contributed by atoms with E-state index in [4.69, 9.17) is 11.6 Å². The molecule has 0 N–H and O–H groups in total. The molecule has 1 rings (SSSR count). The van der Waals surface area contributed by atoms with Crippen molar-refractivity contribution in [3.8, 4) is 0 Å². The molecular weight excluding hydrogens is 218 g/mol. The summed E-state index contributed by atoms with van der Waals surface area (Å²) in [7, 11) is 0. The van der Waals surface area contributed by atoms with Crippen molar-refractivity contribution in [3.63, 3.8) is 0 Å². The van der Waals surface area contributed by atoms with Crippen LogP contribution in [0.3, 0.4) is 0 Å². The molecule has 0 unspecified atom stereocenters. The maximum absolute atomic E-state index is 6.18. The van der Waals surface area contributed by atoms with E-state index >= 15 is 0 Å². The Morgan fingerprint density at radius 2 is 1.81 bits per heavy atom. The third-order valence-electron chi connectivity index (χ3n) is 2.69.